The van der Waals surface area contributed by atoms with E-state index in [1.165, 1.54) is 0 Å². The van der Waals surface area contributed by atoms with Gasteiger partial charge in [0.15, 0.2) is 5.78 Å². The lowest BCUT2D eigenvalue weighted by atomic mass is 10.1. The minimum Gasteiger partial charge on any atom is -0.370 e. The van der Waals surface area contributed by atoms with Crippen LogP contribution in [0.5, 0.6) is 0 Å². The minimum atomic E-state index is 0.0183. The van der Waals surface area contributed by atoms with Crippen molar-refractivity contribution in [2.45, 2.75) is 57.8 Å². The molecule has 0 amide bonds. The molecule has 18 heavy (non-hydrogen) atoms. The summed E-state index contributed by atoms with van der Waals surface area (Å²) in [6.45, 7) is 5.15. The maximum absolute atomic E-state index is 11.9. The molecule has 0 spiro atoms. The quantitative estimate of drug-likeness (QED) is 0.766. The first-order valence-corrected chi connectivity index (χ1v) is 6.91. The second-order valence-electron chi connectivity index (χ2n) is 6.27. The van der Waals surface area contributed by atoms with Crippen molar-refractivity contribution < 1.29 is 9.53 Å². The van der Waals surface area contributed by atoms with Gasteiger partial charge in [-0.1, -0.05) is 0 Å². The average Bonchev–Trinajstić information content (AvgIpc) is 2.97. The standard InChI is InChI=1S/C15H21NO2/c1-15(2)7-5-13(18-15)10-16-8-6-12(9-16)14(17)11-3-4-11/h6,8-9,11,13H,3-5,7,10H2,1-2H3. The lowest BCUT2D eigenvalue weighted by Gasteiger charge is -2.19. The summed E-state index contributed by atoms with van der Waals surface area (Å²) >= 11 is 0. The monoisotopic (exact) mass is 247 g/mol. The fourth-order valence-electron chi connectivity index (χ4n) is 2.72. The third kappa shape index (κ3) is 2.51. The Hall–Kier alpha value is -1.09. The Balaban J connectivity index is 1.62. The molecule has 0 N–H and O–H groups in total. The van der Waals surface area contributed by atoms with Crippen LogP contribution >= 0.6 is 0 Å². The van der Waals surface area contributed by atoms with E-state index in [1.54, 1.807) is 0 Å². The highest BCUT2D eigenvalue weighted by Crippen LogP contribution is 2.33. The van der Waals surface area contributed by atoms with Crippen molar-refractivity contribution >= 4 is 5.78 Å². The van der Waals surface area contributed by atoms with Gasteiger partial charge in [-0.2, -0.15) is 0 Å². The summed E-state index contributed by atoms with van der Waals surface area (Å²) in [4.78, 5) is 11.9. The van der Waals surface area contributed by atoms with Crippen molar-refractivity contribution in [1.82, 2.24) is 4.57 Å². The predicted molar refractivity (Wildman–Crippen MR) is 69.7 cm³/mol. The van der Waals surface area contributed by atoms with Gasteiger partial charge in [-0.05, 0) is 45.6 Å². The van der Waals surface area contributed by atoms with Crippen molar-refractivity contribution in [3.63, 3.8) is 0 Å². The summed E-state index contributed by atoms with van der Waals surface area (Å²) in [5.74, 6) is 0.629. The molecular formula is C15H21NO2. The van der Waals surface area contributed by atoms with Crippen LogP contribution in [0.2, 0.25) is 0 Å². The van der Waals surface area contributed by atoms with E-state index in [9.17, 15) is 4.79 Å². The summed E-state index contributed by atoms with van der Waals surface area (Å²) < 4.78 is 8.08. The van der Waals surface area contributed by atoms with Crippen LogP contribution in [0.3, 0.4) is 0 Å². The molecule has 0 bridgehead atoms. The highest BCUT2D eigenvalue weighted by Gasteiger charge is 2.33. The molecule has 1 unspecified atom stereocenters. The van der Waals surface area contributed by atoms with E-state index in [0.717, 1.165) is 37.8 Å². The number of hydrogen-bond donors (Lipinski definition) is 0. The minimum absolute atomic E-state index is 0.0183. The van der Waals surface area contributed by atoms with Crippen molar-refractivity contribution in [3.8, 4) is 0 Å². The number of carbonyl (C=O) groups is 1. The second kappa shape index (κ2) is 4.23. The van der Waals surface area contributed by atoms with Crippen LogP contribution in [-0.4, -0.2) is 22.1 Å². The lowest BCUT2D eigenvalue weighted by molar-refractivity contribution is -0.0216. The first kappa shape index (κ1) is 12.0. The largest absolute Gasteiger partial charge is 0.370 e. The van der Waals surface area contributed by atoms with Gasteiger partial charge in [-0.3, -0.25) is 4.79 Å². The molecule has 2 heterocycles. The van der Waals surface area contributed by atoms with Gasteiger partial charge in [0.05, 0.1) is 11.7 Å². The highest BCUT2D eigenvalue weighted by molar-refractivity contribution is 5.99. The van der Waals surface area contributed by atoms with Gasteiger partial charge >= 0.3 is 0 Å². The zero-order valence-corrected chi connectivity index (χ0v) is 11.2. The molecule has 2 fully saturated rings. The summed E-state index contributed by atoms with van der Waals surface area (Å²) in [5.41, 5.74) is 0.888. The zero-order valence-electron chi connectivity index (χ0n) is 11.2. The third-order valence-electron chi connectivity index (χ3n) is 3.95. The van der Waals surface area contributed by atoms with Crippen LogP contribution < -0.4 is 0 Å². The number of ether oxygens (including phenoxy) is 1. The van der Waals surface area contributed by atoms with Crippen LogP contribution in [0.4, 0.5) is 0 Å². The van der Waals surface area contributed by atoms with E-state index >= 15 is 0 Å². The van der Waals surface area contributed by atoms with Crippen molar-refractivity contribution in [1.29, 1.82) is 0 Å². The normalized spacial score (nSPS) is 26.4. The Morgan fingerprint density at radius 3 is 2.83 bits per heavy atom. The molecule has 1 atom stereocenters. The van der Waals surface area contributed by atoms with Crippen LogP contribution in [0.1, 0.15) is 49.9 Å². The van der Waals surface area contributed by atoms with Crippen LogP contribution in [0, 0.1) is 5.92 Å². The van der Waals surface area contributed by atoms with Gasteiger partial charge in [-0.15, -0.1) is 0 Å². The maximum Gasteiger partial charge on any atom is 0.167 e. The highest BCUT2D eigenvalue weighted by atomic mass is 16.5. The molecule has 1 aromatic heterocycles. The Morgan fingerprint density at radius 1 is 1.44 bits per heavy atom. The van der Waals surface area contributed by atoms with E-state index in [-0.39, 0.29) is 11.7 Å². The molecule has 1 aliphatic heterocycles. The topological polar surface area (TPSA) is 31.2 Å². The molecule has 1 aromatic rings. The number of aromatic nitrogens is 1. The average molecular weight is 247 g/mol. The third-order valence-corrected chi connectivity index (χ3v) is 3.95. The molecule has 0 aromatic carbocycles. The Morgan fingerprint density at radius 2 is 2.22 bits per heavy atom. The number of hydrogen-bond acceptors (Lipinski definition) is 2. The Kier molecular flexibility index (Phi) is 2.81. The fraction of sp³-hybridized carbons (Fsp3) is 0.667. The number of carbonyl (C=O) groups excluding carboxylic acids is 1. The molecular weight excluding hydrogens is 226 g/mol. The molecule has 1 saturated heterocycles. The number of Topliss-reactive ketones (excluding diaryl/α,β-unsaturated/α-hetero) is 1. The molecule has 0 radical (unpaired) electrons. The first-order valence-electron chi connectivity index (χ1n) is 6.91. The van der Waals surface area contributed by atoms with Crippen LogP contribution in [0.25, 0.3) is 0 Å². The van der Waals surface area contributed by atoms with Gasteiger partial charge in [0.1, 0.15) is 0 Å². The number of nitrogens with zero attached hydrogens (tertiary/aromatic N) is 1. The van der Waals surface area contributed by atoms with Gasteiger partial charge in [0, 0.05) is 30.4 Å². The smallest absolute Gasteiger partial charge is 0.167 e. The maximum atomic E-state index is 11.9. The predicted octanol–water partition coefficient (Wildman–Crippen LogP) is 3.04. The summed E-state index contributed by atoms with van der Waals surface area (Å²) in [7, 11) is 0. The van der Waals surface area contributed by atoms with Gasteiger partial charge in [0.2, 0.25) is 0 Å². The molecule has 1 aliphatic carbocycles. The first-order chi connectivity index (χ1) is 8.53. The van der Waals surface area contributed by atoms with Crippen LogP contribution in [-0.2, 0) is 11.3 Å². The van der Waals surface area contributed by atoms with Crippen LogP contribution in [0.15, 0.2) is 18.5 Å². The van der Waals surface area contributed by atoms with Crippen molar-refractivity contribution in [3.05, 3.63) is 24.0 Å². The van der Waals surface area contributed by atoms with Gasteiger partial charge in [0.25, 0.3) is 0 Å². The van der Waals surface area contributed by atoms with E-state index < -0.39 is 0 Å². The molecule has 3 heteroatoms. The SMILES string of the molecule is CC1(C)CCC(Cn2ccc(C(=O)C3CC3)c2)O1. The van der Waals surface area contributed by atoms with E-state index in [4.69, 9.17) is 4.74 Å². The van der Waals surface area contributed by atoms with Gasteiger partial charge in [-0.25, -0.2) is 0 Å². The lowest BCUT2D eigenvalue weighted by Crippen LogP contribution is -2.22. The number of ketones is 1. The Labute approximate surface area is 108 Å². The van der Waals surface area contributed by atoms with E-state index in [1.807, 2.05) is 18.5 Å². The fourth-order valence-corrected chi connectivity index (χ4v) is 2.72. The molecule has 1 saturated carbocycles. The summed E-state index contributed by atoms with van der Waals surface area (Å²) in [6.07, 6.45) is 8.65. The molecule has 3 nitrogen and oxygen atoms in total. The van der Waals surface area contributed by atoms with E-state index in [2.05, 4.69) is 18.4 Å². The van der Waals surface area contributed by atoms with E-state index in [0.29, 0.717) is 11.7 Å². The van der Waals surface area contributed by atoms with Crippen molar-refractivity contribution in [2.24, 2.45) is 5.92 Å². The summed E-state index contributed by atoms with van der Waals surface area (Å²) in [5, 5.41) is 0. The molecule has 2 aliphatic rings. The number of rotatable bonds is 4. The second-order valence-corrected chi connectivity index (χ2v) is 6.27. The molecule has 3 rings (SSSR count). The van der Waals surface area contributed by atoms with Crippen molar-refractivity contribution in [2.75, 3.05) is 0 Å². The zero-order chi connectivity index (χ0) is 12.8. The molecule has 98 valence electrons. The van der Waals surface area contributed by atoms with Gasteiger partial charge < -0.3 is 9.30 Å². The summed E-state index contributed by atoms with van der Waals surface area (Å²) in [6, 6.07) is 1.95. The Bertz CT molecular complexity index is 457.